The molecular formula is C19H26N4S. The Hall–Kier alpha value is -1.30. The Bertz CT molecular complexity index is 610. The summed E-state index contributed by atoms with van der Waals surface area (Å²) in [5, 5.41) is 3.34. The van der Waals surface area contributed by atoms with Crippen molar-refractivity contribution in [2.45, 2.75) is 38.8 Å². The lowest BCUT2D eigenvalue weighted by atomic mass is 9.71. The molecular weight excluding hydrogens is 316 g/mol. The third-order valence-corrected chi connectivity index (χ3v) is 6.60. The molecule has 0 saturated carbocycles. The lowest BCUT2D eigenvalue weighted by molar-refractivity contribution is 0.0299. The van der Waals surface area contributed by atoms with Crippen molar-refractivity contribution in [3.63, 3.8) is 0 Å². The van der Waals surface area contributed by atoms with Gasteiger partial charge in [-0.15, -0.1) is 11.3 Å². The van der Waals surface area contributed by atoms with Crippen LogP contribution in [0.15, 0.2) is 36.1 Å². The molecule has 24 heavy (non-hydrogen) atoms. The van der Waals surface area contributed by atoms with Gasteiger partial charge >= 0.3 is 0 Å². The number of hydrogen-bond donors (Lipinski definition) is 0. The fourth-order valence-corrected chi connectivity index (χ4v) is 4.80. The fourth-order valence-electron chi connectivity index (χ4n) is 4.14. The molecule has 2 fully saturated rings. The molecule has 4 nitrogen and oxygen atoms in total. The lowest BCUT2D eigenvalue weighted by Gasteiger charge is -2.46. The first-order chi connectivity index (χ1) is 11.8. The van der Waals surface area contributed by atoms with Crippen molar-refractivity contribution in [2.24, 2.45) is 5.41 Å². The Morgan fingerprint density at radius 2 is 1.50 bits per heavy atom. The van der Waals surface area contributed by atoms with Gasteiger partial charge in [-0.25, -0.2) is 4.98 Å². The lowest BCUT2D eigenvalue weighted by Crippen LogP contribution is -2.46. The first-order valence-electron chi connectivity index (χ1n) is 9.03. The van der Waals surface area contributed by atoms with Crippen LogP contribution >= 0.6 is 11.3 Å². The number of hydrogen-bond acceptors (Lipinski definition) is 5. The fraction of sp³-hybridized carbons (Fsp3) is 0.579. The summed E-state index contributed by atoms with van der Waals surface area (Å²) in [5.74, 6) is 0. The molecule has 5 heteroatoms. The summed E-state index contributed by atoms with van der Waals surface area (Å²) in [6.07, 6.45) is 11.2. The van der Waals surface area contributed by atoms with E-state index in [-0.39, 0.29) is 0 Å². The van der Waals surface area contributed by atoms with Crippen molar-refractivity contribution in [3.05, 3.63) is 46.7 Å². The average molecular weight is 343 g/mol. The molecule has 4 heterocycles. The maximum atomic E-state index is 4.43. The Morgan fingerprint density at radius 3 is 2.08 bits per heavy atom. The van der Waals surface area contributed by atoms with E-state index in [1.54, 1.807) is 11.3 Å². The highest BCUT2D eigenvalue weighted by molar-refractivity contribution is 7.09. The standard InChI is InChI=1S/C19H26N4S/c1-7-20-8-2-17(1)15-22-10-3-19(4-11-22)5-12-23(13-6-19)16-18-21-9-14-24-18/h1-2,7-9,14H,3-6,10-13,15-16H2. The van der Waals surface area contributed by atoms with Gasteiger partial charge in [-0.1, -0.05) is 0 Å². The highest BCUT2D eigenvalue weighted by Crippen LogP contribution is 2.41. The minimum Gasteiger partial charge on any atom is -0.299 e. The number of likely N-dealkylation sites (tertiary alicyclic amines) is 2. The third kappa shape index (κ3) is 3.85. The highest BCUT2D eigenvalue weighted by atomic mass is 32.1. The summed E-state index contributed by atoms with van der Waals surface area (Å²) in [5.41, 5.74) is 1.99. The highest BCUT2D eigenvalue weighted by Gasteiger charge is 2.37. The summed E-state index contributed by atoms with van der Waals surface area (Å²) in [6.45, 7) is 7.09. The normalized spacial score (nSPS) is 22.0. The number of nitrogens with zero attached hydrogens (tertiary/aromatic N) is 4. The second-order valence-corrected chi connectivity index (χ2v) is 8.31. The van der Waals surface area contributed by atoms with Crippen LogP contribution in [-0.2, 0) is 13.1 Å². The quantitative estimate of drug-likeness (QED) is 0.852. The van der Waals surface area contributed by atoms with Gasteiger partial charge in [0.2, 0.25) is 0 Å². The molecule has 0 atom stereocenters. The Labute approximate surface area is 148 Å². The Morgan fingerprint density at radius 1 is 0.875 bits per heavy atom. The van der Waals surface area contributed by atoms with Crippen molar-refractivity contribution < 1.29 is 0 Å². The van der Waals surface area contributed by atoms with Gasteiger partial charge in [0.1, 0.15) is 5.01 Å². The third-order valence-electron chi connectivity index (χ3n) is 5.83. The smallest absolute Gasteiger partial charge is 0.107 e. The zero-order valence-electron chi connectivity index (χ0n) is 14.2. The number of aromatic nitrogens is 2. The summed E-state index contributed by atoms with van der Waals surface area (Å²) in [7, 11) is 0. The number of piperidine rings is 2. The van der Waals surface area contributed by atoms with Crippen molar-refractivity contribution in [1.29, 1.82) is 0 Å². The van der Waals surface area contributed by atoms with Gasteiger partial charge < -0.3 is 0 Å². The van der Waals surface area contributed by atoms with E-state index >= 15 is 0 Å². The topological polar surface area (TPSA) is 32.3 Å². The molecule has 1 spiro atoms. The molecule has 0 aliphatic carbocycles. The van der Waals surface area contributed by atoms with E-state index in [1.165, 1.54) is 62.4 Å². The monoisotopic (exact) mass is 342 g/mol. The molecule has 0 bridgehead atoms. The van der Waals surface area contributed by atoms with Crippen LogP contribution < -0.4 is 0 Å². The van der Waals surface area contributed by atoms with Gasteiger partial charge in [0, 0.05) is 30.5 Å². The molecule has 0 radical (unpaired) electrons. The Balaban J connectivity index is 1.25. The molecule has 2 aromatic rings. The van der Waals surface area contributed by atoms with E-state index in [0.717, 1.165) is 13.1 Å². The maximum absolute atomic E-state index is 4.43. The molecule has 0 aromatic carbocycles. The predicted octanol–water partition coefficient (Wildman–Crippen LogP) is 3.42. The maximum Gasteiger partial charge on any atom is 0.107 e. The van der Waals surface area contributed by atoms with E-state index in [4.69, 9.17) is 0 Å². The zero-order chi connectivity index (χ0) is 16.2. The largest absolute Gasteiger partial charge is 0.299 e. The number of thiazole rings is 1. The molecule has 128 valence electrons. The van der Waals surface area contributed by atoms with Gasteiger partial charge in [-0.2, -0.15) is 0 Å². The second kappa shape index (κ2) is 7.30. The van der Waals surface area contributed by atoms with Gasteiger partial charge in [0.15, 0.2) is 0 Å². The molecule has 2 aromatic heterocycles. The van der Waals surface area contributed by atoms with Crippen LogP contribution in [0.25, 0.3) is 0 Å². The molecule has 2 aliphatic rings. The van der Waals surface area contributed by atoms with E-state index in [2.05, 4.69) is 37.3 Å². The SMILES string of the molecule is c1cc(CN2CCC3(CC2)CCN(Cc2nccs2)CC3)ccn1. The molecule has 0 amide bonds. The van der Waals surface area contributed by atoms with Gasteiger partial charge in [0.25, 0.3) is 0 Å². The summed E-state index contributed by atoms with van der Waals surface area (Å²) in [4.78, 5) is 13.7. The average Bonchev–Trinajstić information content (AvgIpc) is 3.13. The first-order valence-corrected chi connectivity index (χ1v) is 9.91. The van der Waals surface area contributed by atoms with Crippen LogP contribution in [-0.4, -0.2) is 45.9 Å². The van der Waals surface area contributed by atoms with Gasteiger partial charge in [0.05, 0.1) is 6.54 Å². The van der Waals surface area contributed by atoms with E-state index in [9.17, 15) is 0 Å². The minimum absolute atomic E-state index is 0.605. The Kier molecular flexibility index (Phi) is 4.92. The molecule has 0 N–H and O–H groups in total. The van der Waals surface area contributed by atoms with Crippen LogP contribution in [0.3, 0.4) is 0 Å². The first kappa shape index (κ1) is 16.2. The van der Waals surface area contributed by atoms with E-state index < -0.39 is 0 Å². The van der Waals surface area contributed by atoms with Crippen LogP contribution in [0.2, 0.25) is 0 Å². The molecule has 0 unspecified atom stereocenters. The van der Waals surface area contributed by atoms with E-state index in [0.29, 0.717) is 5.41 Å². The van der Waals surface area contributed by atoms with Crippen LogP contribution in [0.4, 0.5) is 0 Å². The summed E-state index contributed by atoms with van der Waals surface area (Å²) < 4.78 is 0. The van der Waals surface area contributed by atoms with E-state index in [1.807, 2.05) is 18.6 Å². The van der Waals surface area contributed by atoms with Crippen molar-refractivity contribution in [3.8, 4) is 0 Å². The van der Waals surface area contributed by atoms with Gasteiger partial charge in [-0.05, 0) is 75.0 Å². The van der Waals surface area contributed by atoms with Crippen LogP contribution in [0, 0.1) is 5.41 Å². The predicted molar refractivity (Wildman–Crippen MR) is 97.8 cm³/mol. The number of rotatable bonds is 4. The van der Waals surface area contributed by atoms with Crippen LogP contribution in [0.5, 0.6) is 0 Å². The molecule has 4 rings (SSSR count). The number of pyridine rings is 1. The van der Waals surface area contributed by atoms with Crippen molar-refractivity contribution in [2.75, 3.05) is 26.2 Å². The molecule has 2 aliphatic heterocycles. The summed E-state index contributed by atoms with van der Waals surface area (Å²) >= 11 is 1.78. The van der Waals surface area contributed by atoms with Gasteiger partial charge in [-0.3, -0.25) is 14.8 Å². The zero-order valence-corrected chi connectivity index (χ0v) is 15.0. The minimum atomic E-state index is 0.605. The second-order valence-electron chi connectivity index (χ2n) is 7.33. The van der Waals surface area contributed by atoms with Crippen molar-refractivity contribution in [1.82, 2.24) is 19.8 Å². The molecule has 2 saturated heterocycles. The van der Waals surface area contributed by atoms with Crippen LogP contribution in [0.1, 0.15) is 36.3 Å². The summed E-state index contributed by atoms with van der Waals surface area (Å²) in [6, 6.07) is 4.28. The van der Waals surface area contributed by atoms with Crippen molar-refractivity contribution >= 4 is 11.3 Å².